The minimum Gasteiger partial charge on any atom is -0.497 e. The summed E-state index contributed by atoms with van der Waals surface area (Å²) in [6.07, 6.45) is 2.52. The van der Waals surface area contributed by atoms with Crippen molar-refractivity contribution in [3.8, 4) is 17.0 Å². The molecule has 0 unspecified atom stereocenters. The molecular weight excluding hydrogens is 282 g/mol. The molecule has 0 aliphatic carbocycles. The predicted octanol–water partition coefficient (Wildman–Crippen LogP) is 3.39. The number of nitrogens with two attached hydrogens (primary N) is 1. The molecule has 2 aromatic heterocycles. The standard InChI is InChI=1S/C16H15N3OS/c1-20-13-7-4-5-11(9-13)15-14(21-16(17)19-15)10-12-6-2-3-8-18-12/h2-9H,10H2,1H3,(H2,17,19). The Hall–Kier alpha value is -2.40. The molecule has 0 fully saturated rings. The summed E-state index contributed by atoms with van der Waals surface area (Å²) in [7, 11) is 1.66. The van der Waals surface area contributed by atoms with Crippen LogP contribution in [0.5, 0.6) is 5.75 Å². The van der Waals surface area contributed by atoms with Crippen molar-refractivity contribution in [2.45, 2.75) is 6.42 Å². The van der Waals surface area contributed by atoms with E-state index in [0.29, 0.717) is 5.13 Å². The summed E-state index contributed by atoms with van der Waals surface area (Å²) in [4.78, 5) is 9.94. The fraction of sp³-hybridized carbons (Fsp3) is 0.125. The summed E-state index contributed by atoms with van der Waals surface area (Å²) >= 11 is 1.50. The number of nitrogen functional groups attached to an aromatic ring is 1. The molecule has 106 valence electrons. The number of ether oxygens (including phenoxy) is 1. The zero-order valence-corrected chi connectivity index (χ0v) is 12.4. The van der Waals surface area contributed by atoms with Crippen molar-refractivity contribution in [2.24, 2.45) is 0 Å². The SMILES string of the molecule is COc1cccc(-c2nc(N)sc2Cc2ccccn2)c1. The second-order valence-corrected chi connectivity index (χ2v) is 5.67. The Balaban J connectivity index is 1.99. The summed E-state index contributed by atoms with van der Waals surface area (Å²) in [6, 6.07) is 13.7. The van der Waals surface area contributed by atoms with Gasteiger partial charge < -0.3 is 10.5 Å². The highest BCUT2D eigenvalue weighted by atomic mass is 32.1. The Kier molecular flexibility index (Phi) is 3.83. The first kappa shape index (κ1) is 13.6. The summed E-state index contributed by atoms with van der Waals surface area (Å²) in [6.45, 7) is 0. The van der Waals surface area contributed by atoms with Crippen LogP contribution in [0.2, 0.25) is 0 Å². The number of hydrogen-bond donors (Lipinski definition) is 1. The number of hydrogen-bond acceptors (Lipinski definition) is 5. The number of anilines is 1. The van der Waals surface area contributed by atoms with Crippen LogP contribution >= 0.6 is 11.3 Å². The van der Waals surface area contributed by atoms with Gasteiger partial charge in [0, 0.05) is 28.8 Å². The monoisotopic (exact) mass is 297 g/mol. The van der Waals surface area contributed by atoms with E-state index in [4.69, 9.17) is 10.5 Å². The fourth-order valence-corrected chi connectivity index (χ4v) is 3.02. The van der Waals surface area contributed by atoms with E-state index in [-0.39, 0.29) is 0 Å². The Morgan fingerprint density at radius 1 is 1.19 bits per heavy atom. The van der Waals surface area contributed by atoms with E-state index in [0.717, 1.165) is 34.0 Å². The lowest BCUT2D eigenvalue weighted by Crippen LogP contribution is -1.92. The van der Waals surface area contributed by atoms with E-state index in [1.807, 2.05) is 42.5 Å². The van der Waals surface area contributed by atoms with Crippen LogP contribution < -0.4 is 10.5 Å². The highest BCUT2D eigenvalue weighted by Gasteiger charge is 2.13. The van der Waals surface area contributed by atoms with Crippen LogP contribution in [0.1, 0.15) is 10.6 Å². The first-order chi connectivity index (χ1) is 10.3. The molecule has 2 N–H and O–H groups in total. The minimum absolute atomic E-state index is 0.568. The third kappa shape index (κ3) is 3.03. The zero-order valence-electron chi connectivity index (χ0n) is 11.6. The Morgan fingerprint density at radius 2 is 2.10 bits per heavy atom. The summed E-state index contributed by atoms with van der Waals surface area (Å²) < 4.78 is 5.27. The van der Waals surface area contributed by atoms with Crippen LogP contribution in [-0.4, -0.2) is 17.1 Å². The van der Waals surface area contributed by atoms with Gasteiger partial charge in [0.25, 0.3) is 0 Å². The molecule has 1 aromatic carbocycles. The molecule has 0 bridgehead atoms. The summed E-state index contributed by atoms with van der Waals surface area (Å²) in [5.41, 5.74) is 8.81. The van der Waals surface area contributed by atoms with Crippen molar-refractivity contribution in [3.05, 3.63) is 59.2 Å². The molecule has 4 nitrogen and oxygen atoms in total. The van der Waals surface area contributed by atoms with Gasteiger partial charge in [-0.25, -0.2) is 4.98 Å². The highest BCUT2D eigenvalue weighted by molar-refractivity contribution is 7.15. The van der Waals surface area contributed by atoms with E-state index >= 15 is 0 Å². The molecule has 0 saturated heterocycles. The normalized spacial score (nSPS) is 10.5. The number of pyridine rings is 1. The smallest absolute Gasteiger partial charge is 0.180 e. The number of rotatable bonds is 4. The zero-order chi connectivity index (χ0) is 14.7. The number of thiazole rings is 1. The maximum absolute atomic E-state index is 5.90. The third-order valence-electron chi connectivity index (χ3n) is 3.12. The molecule has 0 aliphatic heterocycles. The second kappa shape index (κ2) is 5.93. The van der Waals surface area contributed by atoms with E-state index in [1.54, 1.807) is 13.3 Å². The molecule has 2 heterocycles. The lowest BCUT2D eigenvalue weighted by atomic mass is 10.1. The summed E-state index contributed by atoms with van der Waals surface area (Å²) in [5.74, 6) is 0.808. The van der Waals surface area contributed by atoms with Gasteiger partial charge in [-0.15, -0.1) is 11.3 Å². The van der Waals surface area contributed by atoms with Crippen molar-refractivity contribution in [1.82, 2.24) is 9.97 Å². The Morgan fingerprint density at radius 3 is 2.86 bits per heavy atom. The molecule has 0 aliphatic rings. The number of benzene rings is 1. The lowest BCUT2D eigenvalue weighted by Gasteiger charge is -2.05. The van der Waals surface area contributed by atoms with Crippen LogP contribution in [0, 0.1) is 0 Å². The topological polar surface area (TPSA) is 61.0 Å². The first-order valence-electron chi connectivity index (χ1n) is 6.56. The molecule has 5 heteroatoms. The Bertz CT molecular complexity index is 740. The van der Waals surface area contributed by atoms with Crippen molar-refractivity contribution < 1.29 is 4.74 Å². The number of aromatic nitrogens is 2. The van der Waals surface area contributed by atoms with Crippen LogP contribution in [0.3, 0.4) is 0 Å². The molecule has 0 spiro atoms. The van der Waals surface area contributed by atoms with Gasteiger partial charge in [-0.05, 0) is 24.3 Å². The van der Waals surface area contributed by atoms with E-state index in [2.05, 4.69) is 9.97 Å². The first-order valence-corrected chi connectivity index (χ1v) is 7.37. The third-order valence-corrected chi connectivity index (χ3v) is 4.01. The van der Waals surface area contributed by atoms with Gasteiger partial charge in [-0.1, -0.05) is 18.2 Å². The molecule has 0 radical (unpaired) electrons. The number of nitrogens with zero attached hydrogens (tertiary/aromatic N) is 2. The van der Waals surface area contributed by atoms with Gasteiger partial charge in [0.2, 0.25) is 0 Å². The van der Waals surface area contributed by atoms with Gasteiger partial charge in [0.05, 0.1) is 12.8 Å². The molecule has 0 atom stereocenters. The van der Waals surface area contributed by atoms with E-state index in [9.17, 15) is 0 Å². The molecule has 3 rings (SSSR count). The van der Waals surface area contributed by atoms with Crippen LogP contribution in [0.25, 0.3) is 11.3 Å². The average molecular weight is 297 g/mol. The van der Waals surface area contributed by atoms with Gasteiger partial charge in [-0.3, -0.25) is 4.98 Å². The van der Waals surface area contributed by atoms with Crippen molar-refractivity contribution in [1.29, 1.82) is 0 Å². The average Bonchev–Trinajstić information content (AvgIpc) is 2.89. The summed E-state index contributed by atoms with van der Waals surface area (Å²) in [5, 5.41) is 0.568. The van der Waals surface area contributed by atoms with Crippen molar-refractivity contribution in [3.63, 3.8) is 0 Å². The Labute approximate surface area is 127 Å². The largest absolute Gasteiger partial charge is 0.497 e. The van der Waals surface area contributed by atoms with E-state index < -0.39 is 0 Å². The molecular formula is C16H15N3OS. The van der Waals surface area contributed by atoms with Gasteiger partial charge in [0.1, 0.15) is 5.75 Å². The highest BCUT2D eigenvalue weighted by Crippen LogP contribution is 2.32. The number of methoxy groups -OCH3 is 1. The second-order valence-electron chi connectivity index (χ2n) is 4.55. The van der Waals surface area contributed by atoms with Crippen LogP contribution in [0.15, 0.2) is 48.7 Å². The maximum atomic E-state index is 5.90. The van der Waals surface area contributed by atoms with Gasteiger partial charge >= 0.3 is 0 Å². The molecule has 3 aromatic rings. The minimum atomic E-state index is 0.568. The quantitative estimate of drug-likeness (QED) is 0.802. The van der Waals surface area contributed by atoms with Crippen LogP contribution in [-0.2, 0) is 6.42 Å². The fourth-order valence-electron chi connectivity index (χ4n) is 2.15. The van der Waals surface area contributed by atoms with Crippen LogP contribution in [0.4, 0.5) is 5.13 Å². The van der Waals surface area contributed by atoms with Gasteiger partial charge in [0.15, 0.2) is 5.13 Å². The predicted molar refractivity (Wildman–Crippen MR) is 85.6 cm³/mol. The maximum Gasteiger partial charge on any atom is 0.180 e. The molecule has 0 saturated carbocycles. The molecule has 21 heavy (non-hydrogen) atoms. The van der Waals surface area contributed by atoms with Gasteiger partial charge in [-0.2, -0.15) is 0 Å². The van der Waals surface area contributed by atoms with Crippen molar-refractivity contribution >= 4 is 16.5 Å². The molecule has 0 amide bonds. The van der Waals surface area contributed by atoms with E-state index in [1.165, 1.54) is 11.3 Å². The lowest BCUT2D eigenvalue weighted by molar-refractivity contribution is 0.415. The van der Waals surface area contributed by atoms with Crippen molar-refractivity contribution in [2.75, 3.05) is 12.8 Å².